The summed E-state index contributed by atoms with van der Waals surface area (Å²) in [6, 6.07) is 1.91. The van der Waals surface area contributed by atoms with Crippen LogP contribution in [0.4, 0.5) is 0 Å². The molecule has 22 heavy (non-hydrogen) atoms. The molecule has 0 radical (unpaired) electrons. The van der Waals surface area contributed by atoms with Crippen molar-refractivity contribution in [1.82, 2.24) is 15.2 Å². The van der Waals surface area contributed by atoms with Gasteiger partial charge in [-0.05, 0) is 26.2 Å². The average Bonchev–Trinajstić information content (AvgIpc) is 3.04. The fourth-order valence-electron chi connectivity index (χ4n) is 2.28. The van der Waals surface area contributed by atoms with Crippen LogP contribution < -0.4 is 0 Å². The van der Waals surface area contributed by atoms with Crippen LogP contribution in [0.1, 0.15) is 54.7 Å². The molecule has 2 aromatic rings. The van der Waals surface area contributed by atoms with E-state index in [1.165, 1.54) is 0 Å². The Hall–Kier alpha value is -2.11. The number of carbonyl (C=O) groups excluding carboxylic acids is 1. The van der Waals surface area contributed by atoms with E-state index in [4.69, 9.17) is 9.05 Å². The molecular weight excluding hydrogens is 282 g/mol. The molecule has 2 aromatic heterocycles. The number of amides is 1. The molecule has 2 rings (SSSR count). The smallest absolute Gasteiger partial charge is 0.223 e. The van der Waals surface area contributed by atoms with E-state index >= 15 is 0 Å². The summed E-state index contributed by atoms with van der Waals surface area (Å²) in [5, 5.41) is 7.91. The molecule has 0 bridgehead atoms. The molecular formula is C16H23N3O3. The lowest BCUT2D eigenvalue weighted by atomic mass is 10.1. The van der Waals surface area contributed by atoms with Crippen molar-refractivity contribution in [1.29, 1.82) is 0 Å². The summed E-state index contributed by atoms with van der Waals surface area (Å²) in [6.07, 6.45) is 1.06. The van der Waals surface area contributed by atoms with Gasteiger partial charge >= 0.3 is 0 Å². The SMILES string of the molecule is Cc1noc(C)c1CCC(=O)N(C)Cc1cc(C(C)C)no1. The summed E-state index contributed by atoms with van der Waals surface area (Å²) < 4.78 is 10.4. The Morgan fingerprint density at radius 1 is 1.27 bits per heavy atom. The van der Waals surface area contributed by atoms with Crippen molar-refractivity contribution in [3.8, 4) is 0 Å². The van der Waals surface area contributed by atoms with Gasteiger partial charge in [-0.15, -0.1) is 0 Å². The Kier molecular flexibility index (Phi) is 5.00. The molecule has 0 aromatic carbocycles. The third-order valence-corrected chi connectivity index (χ3v) is 3.76. The Balaban J connectivity index is 1.89. The maximum absolute atomic E-state index is 12.2. The lowest BCUT2D eigenvalue weighted by Crippen LogP contribution is -2.26. The molecule has 6 heteroatoms. The van der Waals surface area contributed by atoms with E-state index in [9.17, 15) is 4.79 Å². The van der Waals surface area contributed by atoms with Crippen LogP contribution in [-0.4, -0.2) is 28.2 Å². The highest BCUT2D eigenvalue weighted by molar-refractivity contribution is 5.76. The molecule has 0 spiro atoms. The first-order valence-electron chi connectivity index (χ1n) is 7.49. The molecule has 0 atom stereocenters. The number of hydrogen-bond donors (Lipinski definition) is 0. The highest BCUT2D eigenvalue weighted by atomic mass is 16.5. The van der Waals surface area contributed by atoms with E-state index in [-0.39, 0.29) is 5.91 Å². The van der Waals surface area contributed by atoms with E-state index < -0.39 is 0 Å². The lowest BCUT2D eigenvalue weighted by Gasteiger charge is -2.15. The molecule has 6 nitrogen and oxygen atoms in total. The van der Waals surface area contributed by atoms with Gasteiger partial charge in [-0.3, -0.25) is 4.79 Å². The van der Waals surface area contributed by atoms with Crippen molar-refractivity contribution in [3.63, 3.8) is 0 Å². The Morgan fingerprint density at radius 3 is 2.55 bits per heavy atom. The largest absolute Gasteiger partial charge is 0.361 e. The number of hydrogen-bond acceptors (Lipinski definition) is 5. The number of carbonyl (C=O) groups is 1. The number of aromatic nitrogens is 2. The fourth-order valence-corrected chi connectivity index (χ4v) is 2.28. The molecule has 1 amide bonds. The molecule has 0 fully saturated rings. The third kappa shape index (κ3) is 3.75. The van der Waals surface area contributed by atoms with Crippen LogP contribution in [0.3, 0.4) is 0 Å². The topological polar surface area (TPSA) is 72.4 Å². The summed E-state index contributed by atoms with van der Waals surface area (Å²) in [5.74, 6) is 1.86. The minimum Gasteiger partial charge on any atom is -0.361 e. The van der Waals surface area contributed by atoms with Crippen molar-refractivity contribution >= 4 is 5.91 Å². The van der Waals surface area contributed by atoms with Gasteiger partial charge in [-0.25, -0.2) is 0 Å². The molecule has 0 aliphatic carbocycles. The quantitative estimate of drug-likeness (QED) is 0.820. The Bertz CT molecular complexity index is 623. The molecule has 0 saturated heterocycles. The summed E-state index contributed by atoms with van der Waals surface area (Å²) in [4.78, 5) is 13.9. The third-order valence-electron chi connectivity index (χ3n) is 3.76. The van der Waals surface area contributed by atoms with Crippen LogP contribution in [0, 0.1) is 13.8 Å². The lowest BCUT2D eigenvalue weighted by molar-refractivity contribution is -0.130. The van der Waals surface area contributed by atoms with Gasteiger partial charge in [0.15, 0.2) is 5.76 Å². The van der Waals surface area contributed by atoms with Gasteiger partial charge in [0.1, 0.15) is 5.76 Å². The normalized spacial score (nSPS) is 11.2. The zero-order valence-corrected chi connectivity index (χ0v) is 13.8. The van der Waals surface area contributed by atoms with E-state index in [1.54, 1.807) is 11.9 Å². The first-order chi connectivity index (χ1) is 10.4. The first-order valence-corrected chi connectivity index (χ1v) is 7.49. The van der Waals surface area contributed by atoms with Crippen LogP contribution >= 0.6 is 0 Å². The number of aryl methyl sites for hydroxylation is 2. The van der Waals surface area contributed by atoms with Gasteiger partial charge in [-0.2, -0.15) is 0 Å². The monoisotopic (exact) mass is 305 g/mol. The Labute approximate surface area is 130 Å². The molecule has 0 saturated carbocycles. The van der Waals surface area contributed by atoms with E-state index in [0.717, 1.165) is 22.7 Å². The van der Waals surface area contributed by atoms with Crippen molar-refractivity contribution < 1.29 is 13.8 Å². The number of nitrogens with zero attached hydrogens (tertiary/aromatic N) is 3. The van der Waals surface area contributed by atoms with Gasteiger partial charge in [-0.1, -0.05) is 24.2 Å². The van der Waals surface area contributed by atoms with Crippen molar-refractivity contribution in [2.24, 2.45) is 0 Å². The molecule has 0 unspecified atom stereocenters. The second kappa shape index (κ2) is 6.77. The van der Waals surface area contributed by atoms with Crippen molar-refractivity contribution in [3.05, 3.63) is 34.5 Å². The van der Waals surface area contributed by atoms with Crippen molar-refractivity contribution in [2.45, 2.75) is 53.0 Å². The summed E-state index contributed by atoms with van der Waals surface area (Å²) in [7, 11) is 1.77. The number of rotatable bonds is 6. The standard InChI is InChI=1S/C16H23N3O3/c1-10(2)15-8-13(22-18-15)9-19(5)16(20)7-6-14-11(3)17-21-12(14)4/h8,10H,6-7,9H2,1-5H3. The highest BCUT2D eigenvalue weighted by Crippen LogP contribution is 2.17. The average molecular weight is 305 g/mol. The summed E-state index contributed by atoms with van der Waals surface area (Å²) >= 11 is 0. The predicted molar refractivity (Wildman–Crippen MR) is 81.4 cm³/mol. The maximum Gasteiger partial charge on any atom is 0.223 e. The minimum absolute atomic E-state index is 0.0579. The molecule has 2 heterocycles. The predicted octanol–water partition coefficient (Wildman–Crippen LogP) is 2.99. The van der Waals surface area contributed by atoms with Crippen LogP contribution in [0.15, 0.2) is 15.1 Å². The zero-order chi connectivity index (χ0) is 16.3. The van der Waals surface area contributed by atoms with Gasteiger partial charge < -0.3 is 13.9 Å². The summed E-state index contributed by atoms with van der Waals surface area (Å²) in [5.41, 5.74) is 2.78. The molecule has 0 aliphatic rings. The Morgan fingerprint density at radius 2 is 2.00 bits per heavy atom. The van der Waals surface area contributed by atoms with Crippen LogP contribution in [0.2, 0.25) is 0 Å². The minimum atomic E-state index is 0.0579. The van der Waals surface area contributed by atoms with E-state index in [2.05, 4.69) is 24.2 Å². The molecule has 0 aliphatic heterocycles. The molecule has 0 N–H and O–H groups in total. The van der Waals surface area contributed by atoms with Gasteiger partial charge in [0.2, 0.25) is 5.91 Å². The molecule has 120 valence electrons. The second-order valence-electron chi connectivity index (χ2n) is 5.93. The van der Waals surface area contributed by atoms with Gasteiger partial charge in [0.25, 0.3) is 0 Å². The van der Waals surface area contributed by atoms with Gasteiger partial charge in [0.05, 0.1) is 17.9 Å². The van der Waals surface area contributed by atoms with E-state index in [1.807, 2.05) is 19.9 Å². The van der Waals surface area contributed by atoms with Crippen LogP contribution in [0.25, 0.3) is 0 Å². The fraction of sp³-hybridized carbons (Fsp3) is 0.562. The second-order valence-corrected chi connectivity index (χ2v) is 5.93. The highest BCUT2D eigenvalue weighted by Gasteiger charge is 2.16. The van der Waals surface area contributed by atoms with Crippen LogP contribution in [-0.2, 0) is 17.8 Å². The van der Waals surface area contributed by atoms with Crippen LogP contribution in [0.5, 0.6) is 0 Å². The maximum atomic E-state index is 12.2. The summed E-state index contributed by atoms with van der Waals surface area (Å²) in [6.45, 7) is 8.30. The first kappa shape index (κ1) is 16.3. The van der Waals surface area contributed by atoms with Gasteiger partial charge in [0, 0.05) is 25.1 Å². The zero-order valence-electron chi connectivity index (χ0n) is 13.8. The van der Waals surface area contributed by atoms with E-state index in [0.29, 0.717) is 31.1 Å². The van der Waals surface area contributed by atoms with Crippen molar-refractivity contribution in [2.75, 3.05) is 7.05 Å².